The molecule has 1 aromatic carbocycles. The molecule has 0 aromatic heterocycles. The van der Waals surface area contributed by atoms with Crippen molar-refractivity contribution in [1.29, 1.82) is 0 Å². The molecule has 0 saturated heterocycles. The van der Waals surface area contributed by atoms with Crippen molar-refractivity contribution in [3.63, 3.8) is 0 Å². The van der Waals surface area contributed by atoms with Crippen molar-refractivity contribution in [3.8, 4) is 0 Å². The lowest BCUT2D eigenvalue weighted by molar-refractivity contribution is 0.368. The van der Waals surface area contributed by atoms with Gasteiger partial charge < -0.3 is 5.32 Å². The van der Waals surface area contributed by atoms with E-state index >= 15 is 0 Å². The Morgan fingerprint density at radius 2 is 2.00 bits per heavy atom. The molecule has 96 valence electrons. The van der Waals surface area contributed by atoms with Crippen molar-refractivity contribution in [1.82, 2.24) is 5.32 Å². The standard InChI is InChI=1S/C15H24FN/c1-5-7-11(3)15(17-6-2)13-8-9-14(16)12(4)10-13/h8-11,15,17H,5-7H2,1-4H3. The largest absolute Gasteiger partial charge is 0.310 e. The Bertz CT molecular complexity index is 349. The van der Waals surface area contributed by atoms with Gasteiger partial charge in [-0.2, -0.15) is 0 Å². The van der Waals surface area contributed by atoms with Crippen LogP contribution in [-0.2, 0) is 0 Å². The van der Waals surface area contributed by atoms with E-state index in [1.807, 2.05) is 19.1 Å². The molecule has 1 rings (SSSR count). The van der Waals surface area contributed by atoms with Crippen LogP contribution >= 0.6 is 0 Å². The van der Waals surface area contributed by atoms with Crippen molar-refractivity contribution in [2.75, 3.05) is 6.54 Å². The Morgan fingerprint density at radius 3 is 2.53 bits per heavy atom. The molecule has 2 unspecified atom stereocenters. The fourth-order valence-corrected chi connectivity index (χ4v) is 2.35. The quantitative estimate of drug-likeness (QED) is 0.781. The van der Waals surface area contributed by atoms with Crippen molar-refractivity contribution < 1.29 is 4.39 Å². The highest BCUT2D eigenvalue weighted by molar-refractivity contribution is 5.27. The highest BCUT2D eigenvalue weighted by Gasteiger charge is 2.18. The summed E-state index contributed by atoms with van der Waals surface area (Å²) in [5.41, 5.74) is 1.93. The lowest BCUT2D eigenvalue weighted by atomic mass is 9.90. The molecule has 0 aliphatic heterocycles. The summed E-state index contributed by atoms with van der Waals surface area (Å²) < 4.78 is 13.3. The van der Waals surface area contributed by atoms with Gasteiger partial charge in [0.25, 0.3) is 0 Å². The van der Waals surface area contributed by atoms with Gasteiger partial charge in [0.1, 0.15) is 5.82 Å². The van der Waals surface area contributed by atoms with E-state index in [1.54, 1.807) is 6.07 Å². The number of hydrogen-bond donors (Lipinski definition) is 1. The Balaban J connectivity index is 2.92. The topological polar surface area (TPSA) is 12.0 Å². The second kappa shape index (κ2) is 6.75. The molecule has 0 radical (unpaired) electrons. The number of benzene rings is 1. The normalized spacial score (nSPS) is 14.6. The molecule has 0 amide bonds. The molecule has 0 saturated carbocycles. The van der Waals surface area contributed by atoms with Gasteiger partial charge in [-0.05, 0) is 43.0 Å². The van der Waals surface area contributed by atoms with Crippen LogP contribution in [0.5, 0.6) is 0 Å². The van der Waals surface area contributed by atoms with Crippen molar-refractivity contribution >= 4 is 0 Å². The number of hydrogen-bond acceptors (Lipinski definition) is 1. The van der Waals surface area contributed by atoms with Crippen molar-refractivity contribution in [3.05, 3.63) is 35.1 Å². The maximum absolute atomic E-state index is 13.3. The summed E-state index contributed by atoms with van der Waals surface area (Å²) in [6.45, 7) is 9.34. The van der Waals surface area contributed by atoms with Crippen LogP contribution in [0.2, 0.25) is 0 Å². The van der Waals surface area contributed by atoms with E-state index in [0.717, 1.165) is 12.1 Å². The van der Waals surface area contributed by atoms with Crippen LogP contribution in [0.3, 0.4) is 0 Å². The Labute approximate surface area is 104 Å². The molecule has 0 aliphatic rings. The lowest BCUT2D eigenvalue weighted by Crippen LogP contribution is -2.27. The van der Waals surface area contributed by atoms with Crippen LogP contribution in [0, 0.1) is 18.7 Å². The van der Waals surface area contributed by atoms with Crippen LogP contribution in [0.15, 0.2) is 18.2 Å². The molecule has 1 N–H and O–H groups in total. The molecular formula is C15H24FN. The van der Waals surface area contributed by atoms with Crippen LogP contribution in [0.4, 0.5) is 4.39 Å². The smallest absolute Gasteiger partial charge is 0.126 e. The molecule has 0 bridgehead atoms. The SMILES string of the molecule is CCCC(C)C(NCC)c1ccc(F)c(C)c1. The van der Waals surface area contributed by atoms with Gasteiger partial charge in [-0.25, -0.2) is 4.39 Å². The lowest BCUT2D eigenvalue weighted by Gasteiger charge is -2.25. The molecule has 1 nitrogen and oxygen atoms in total. The first kappa shape index (κ1) is 14.2. The zero-order valence-corrected chi connectivity index (χ0v) is 11.4. The minimum absolute atomic E-state index is 0.118. The number of aryl methyl sites for hydroxylation is 1. The van der Waals surface area contributed by atoms with Gasteiger partial charge in [-0.1, -0.05) is 39.3 Å². The van der Waals surface area contributed by atoms with E-state index in [0.29, 0.717) is 12.0 Å². The van der Waals surface area contributed by atoms with Gasteiger partial charge in [0.05, 0.1) is 0 Å². The predicted octanol–water partition coefficient (Wildman–Crippen LogP) is 4.22. The van der Waals surface area contributed by atoms with E-state index in [9.17, 15) is 4.39 Å². The minimum Gasteiger partial charge on any atom is -0.310 e. The Morgan fingerprint density at radius 1 is 1.29 bits per heavy atom. The summed E-state index contributed by atoms with van der Waals surface area (Å²) in [6, 6.07) is 5.78. The summed E-state index contributed by atoms with van der Waals surface area (Å²) in [5, 5.41) is 3.51. The Hall–Kier alpha value is -0.890. The second-order valence-electron chi connectivity index (χ2n) is 4.81. The van der Waals surface area contributed by atoms with Crippen LogP contribution in [-0.4, -0.2) is 6.54 Å². The number of halogens is 1. The first-order valence-corrected chi connectivity index (χ1v) is 6.59. The molecule has 0 heterocycles. The summed E-state index contributed by atoms with van der Waals surface area (Å²) in [4.78, 5) is 0. The fourth-order valence-electron chi connectivity index (χ4n) is 2.35. The van der Waals surface area contributed by atoms with Gasteiger partial charge >= 0.3 is 0 Å². The molecule has 17 heavy (non-hydrogen) atoms. The van der Waals surface area contributed by atoms with Crippen LogP contribution in [0.25, 0.3) is 0 Å². The van der Waals surface area contributed by atoms with E-state index < -0.39 is 0 Å². The van der Waals surface area contributed by atoms with Crippen molar-refractivity contribution in [2.45, 2.75) is 46.6 Å². The maximum Gasteiger partial charge on any atom is 0.126 e. The summed E-state index contributed by atoms with van der Waals surface area (Å²) in [7, 11) is 0. The highest BCUT2D eigenvalue weighted by atomic mass is 19.1. The van der Waals surface area contributed by atoms with Crippen molar-refractivity contribution in [2.24, 2.45) is 5.92 Å². The molecule has 0 spiro atoms. The van der Waals surface area contributed by atoms with Gasteiger partial charge in [-0.3, -0.25) is 0 Å². The third-order valence-corrected chi connectivity index (χ3v) is 3.28. The van der Waals surface area contributed by atoms with Gasteiger partial charge in [-0.15, -0.1) is 0 Å². The van der Waals surface area contributed by atoms with E-state index in [4.69, 9.17) is 0 Å². The third kappa shape index (κ3) is 3.81. The zero-order valence-electron chi connectivity index (χ0n) is 11.4. The van der Waals surface area contributed by atoms with E-state index in [2.05, 4.69) is 26.1 Å². The maximum atomic E-state index is 13.3. The average molecular weight is 237 g/mol. The molecular weight excluding hydrogens is 213 g/mol. The molecule has 1 aromatic rings. The minimum atomic E-state index is -0.118. The predicted molar refractivity (Wildman–Crippen MR) is 71.6 cm³/mol. The fraction of sp³-hybridized carbons (Fsp3) is 0.600. The van der Waals surface area contributed by atoms with Gasteiger partial charge in [0, 0.05) is 6.04 Å². The first-order chi connectivity index (χ1) is 8.10. The summed E-state index contributed by atoms with van der Waals surface area (Å²) in [6.07, 6.45) is 2.37. The second-order valence-corrected chi connectivity index (χ2v) is 4.81. The molecule has 0 aliphatic carbocycles. The number of nitrogens with one attached hydrogen (secondary N) is 1. The molecule has 2 atom stereocenters. The van der Waals surface area contributed by atoms with Gasteiger partial charge in [0.15, 0.2) is 0 Å². The van der Waals surface area contributed by atoms with E-state index in [-0.39, 0.29) is 5.82 Å². The molecule has 2 heteroatoms. The number of rotatable bonds is 6. The third-order valence-electron chi connectivity index (χ3n) is 3.28. The monoisotopic (exact) mass is 237 g/mol. The summed E-state index contributed by atoms with van der Waals surface area (Å²) in [5.74, 6) is 0.456. The highest BCUT2D eigenvalue weighted by Crippen LogP contribution is 2.26. The zero-order chi connectivity index (χ0) is 12.8. The van der Waals surface area contributed by atoms with Gasteiger partial charge in [0.2, 0.25) is 0 Å². The Kier molecular flexibility index (Phi) is 5.63. The first-order valence-electron chi connectivity index (χ1n) is 6.59. The van der Waals surface area contributed by atoms with Crippen LogP contribution in [0.1, 0.15) is 50.8 Å². The van der Waals surface area contributed by atoms with Crippen LogP contribution < -0.4 is 5.32 Å². The average Bonchev–Trinajstić information content (AvgIpc) is 2.30. The summed E-state index contributed by atoms with van der Waals surface area (Å²) >= 11 is 0. The molecule has 0 fully saturated rings. The van der Waals surface area contributed by atoms with E-state index in [1.165, 1.54) is 18.4 Å².